The molecule has 2 amide bonds. The molecular weight excluding hydrogens is 358 g/mol. The molecule has 0 aromatic heterocycles. The van der Waals surface area contributed by atoms with Crippen LogP contribution < -0.4 is 15.2 Å². The summed E-state index contributed by atoms with van der Waals surface area (Å²) in [7, 11) is 3.26. The monoisotopic (exact) mass is 381 g/mol. The number of hydrogen-bond acceptors (Lipinski definition) is 6. The second-order valence-corrected chi connectivity index (χ2v) is 7.03. The number of fused-ring (bicyclic) bond motifs is 1. The van der Waals surface area contributed by atoms with E-state index in [2.05, 4.69) is 4.90 Å². The van der Waals surface area contributed by atoms with Gasteiger partial charge >= 0.3 is 0 Å². The predicted octanol–water partition coefficient (Wildman–Crippen LogP) is 2.68. The van der Waals surface area contributed by atoms with Crippen molar-refractivity contribution in [2.24, 2.45) is 0 Å². The van der Waals surface area contributed by atoms with Crippen LogP contribution >= 0.6 is 0 Å². The van der Waals surface area contributed by atoms with Crippen molar-refractivity contribution in [3.63, 3.8) is 0 Å². The van der Waals surface area contributed by atoms with Crippen LogP contribution in [0.15, 0.2) is 36.4 Å². The summed E-state index contributed by atoms with van der Waals surface area (Å²) in [5, 5.41) is 0. The topological polar surface area (TPSA) is 85.1 Å². The highest BCUT2D eigenvalue weighted by molar-refractivity contribution is 6.23. The Balaban J connectivity index is 1.62. The van der Waals surface area contributed by atoms with Crippen LogP contribution in [0.25, 0.3) is 0 Å². The summed E-state index contributed by atoms with van der Waals surface area (Å²) < 4.78 is 10.9. The number of likely N-dealkylation sites (tertiary alicyclic amines) is 1. The van der Waals surface area contributed by atoms with Crippen molar-refractivity contribution in [1.82, 2.24) is 9.80 Å². The van der Waals surface area contributed by atoms with Crippen LogP contribution in [-0.4, -0.2) is 49.0 Å². The summed E-state index contributed by atoms with van der Waals surface area (Å²) in [5.41, 5.74) is 7.96. The number of ether oxygens (including phenoxy) is 2. The summed E-state index contributed by atoms with van der Waals surface area (Å²) in [6.45, 7) is 1.00. The van der Waals surface area contributed by atoms with E-state index in [9.17, 15) is 9.59 Å². The zero-order valence-electron chi connectivity index (χ0n) is 16.0. The van der Waals surface area contributed by atoms with E-state index in [0.717, 1.165) is 36.4 Å². The largest absolute Gasteiger partial charge is 0.497 e. The Hall–Kier alpha value is -3.06. The summed E-state index contributed by atoms with van der Waals surface area (Å²) in [6.07, 6.45) is 1.88. The molecule has 0 unspecified atom stereocenters. The lowest BCUT2D eigenvalue weighted by atomic mass is 10.0. The van der Waals surface area contributed by atoms with Crippen LogP contribution in [0, 0.1) is 0 Å². The van der Waals surface area contributed by atoms with Crippen LogP contribution in [0.1, 0.15) is 45.2 Å². The number of nitrogen functional groups attached to an aromatic ring is 1. The summed E-state index contributed by atoms with van der Waals surface area (Å²) in [4.78, 5) is 29.0. The van der Waals surface area contributed by atoms with Gasteiger partial charge in [0.1, 0.15) is 11.5 Å². The van der Waals surface area contributed by atoms with Gasteiger partial charge in [-0.15, -0.1) is 0 Å². The first-order chi connectivity index (χ1) is 13.5. The Bertz CT molecular complexity index is 943. The zero-order valence-corrected chi connectivity index (χ0v) is 16.0. The Morgan fingerprint density at radius 2 is 1.93 bits per heavy atom. The molecule has 2 aliphatic rings. The van der Waals surface area contributed by atoms with Gasteiger partial charge in [0.2, 0.25) is 0 Å². The molecule has 0 spiro atoms. The van der Waals surface area contributed by atoms with Crippen LogP contribution in [0.3, 0.4) is 0 Å². The molecule has 7 nitrogen and oxygen atoms in total. The molecule has 0 saturated carbocycles. The maximum atomic E-state index is 12.8. The second-order valence-electron chi connectivity index (χ2n) is 7.03. The van der Waals surface area contributed by atoms with Gasteiger partial charge in [-0.05, 0) is 43.2 Å². The van der Waals surface area contributed by atoms with Crippen molar-refractivity contribution in [1.29, 1.82) is 0 Å². The van der Waals surface area contributed by atoms with Crippen LogP contribution in [0.2, 0.25) is 0 Å². The molecule has 2 aromatic rings. The number of benzene rings is 2. The fraction of sp³-hybridized carbons (Fsp3) is 0.333. The number of nitrogens with two attached hydrogens (primary N) is 1. The first-order valence-electron chi connectivity index (χ1n) is 9.25. The van der Waals surface area contributed by atoms with E-state index < -0.39 is 0 Å². The molecule has 2 heterocycles. The number of hydrogen-bond donors (Lipinski definition) is 1. The Morgan fingerprint density at radius 3 is 2.64 bits per heavy atom. The summed E-state index contributed by atoms with van der Waals surface area (Å²) >= 11 is 0. The second kappa shape index (κ2) is 7.16. The van der Waals surface area contributed by atoms with Crippen molar-refractivity contribution in [3.05, 3.63) is 53.1 Å². The highest BCUT2D eigenvalue weighted by Gasteiger charge is 2.40. The SMILES string of the molecule is COc1ccc(OC)c([C@@H]2CCCN2CN2C(=O)c3cccc(N)c3C2=O)c1. The molecule has 28 heavy (non-hydrogen) atoms. The lowest BCUT2D eigenvalue weighted by Crippen LogP contribution is -2.41. The molecule has 4 rings (SSSR count). The van der Waals surface area contributed by atoms with Gasteiger partial charge in [-0.2, -0.15) is 0 Å². The number of methoxy groups -OCH3 is 2. The molecule has 2 N–H and O–H groups in total. The van der Waals surface area contributed by atoms with E-state index in [1.165, 1.54) is 4.90 Å². The fourth-order valence-electron chi connectivity index (χ4n) is 4.12. The van der Waals surface area contributed by atoms with Crippen molar-refractivity contribution in [3.8, 4) is 11.5 Å². The van der Waals surface area contributed by atoms with Crippen molar-refractivity contribution >= 4 is 17.5 Å². The first-order valence-corrected chi connectivity index (χ1v) is 9.25. The zero-order chi connectivity index (χ0) is 19.8. The summed E-state index contributed by atoms with van der Waals surface area (Å²) in [5.74, 6) is 0.886. The van der Waals surface area contributed by atoms with Gasteiger partial charge in [-0.1, -0.05) is 6.07 Å². The lowest BCUT2D eigenvalue weighted by Gasteiger charge is -2.29. The molecule has 0 radical (unpaired) electrons. The van der Waals surface area contributed by atoms with Gasteiger partial charge < -0.3 is 15.2 Å². The third-order valence-corrected chi connectivity index (χ3v) is 5.51. The van der Waals surface area contributed by atoms with Crippen molar-refractivity contribution < 1.29 is 19.1 Å². The van der Waals surface area contributed by atoms with Crippen LogP contribution in [0.4, 0.5) is 5.69 Å². The van der Waals surface area contributed by atoms with E-state index in [0.29, 0.717) is 16.8 Å². The average Bonchev–Trinajstić information content (AvgIpc) is 3.27. The predicted molar refractivity (Wildman–Crippen MR) is 104 cm³/mol. The fourth-order valence-corrected chi connectivity index (χ4v) is 4.12. The number of anilines is 1. The molecule has 7 heteroatoms. The quantitative estimate of drug-likeness (QED) is 0.633. The maximum Gasteiger partial charge on any atom is 0.264 e. The number of carbonyl (C=O) groups excluding carboxylic acids is 2. The minimum Gasteiger partial charge on any atom is -0.497 e. The highest BCUT2D eigenvalue weighted by atomic mass is 16.5. The van der Waals surface area contributed by atoms with Crippen LogP contribution in [0.5, 0.6) is 11.5 Å². The van der Waals surface area contributed by atoms with Gasteiger partial charge in [0.05, 0.1) is 32.0 Å². The molecule has 0 aliphatic carbocycles. The van der Waals surface area contributed by atoms with Gasteiger partial charge in [-0.3, -0.25) is 19.4 Å². The molecule has 1 fully saturated rings. The lowest BCUT2D eigenvalue weighted by molar-refractivity contribution is 0.0526. The number of nitrogens with zero attached hydrogens (tertiary/aromatic N) is 2. The number of rotatable bonds is 5. The number of amides is 2. The minimum atomic E-state index is -0.332. The molecule has 2 aromatic carbocycles. The van der Waals surface area contributed by atoms with E-state index in [4.69, 9.17) is 15.2 Å². The Morgan fingerprint density at radius 1 is 1.11 bits per heavy atom. The third-order valence-electron chi connectivity index (χ3n) is 5.51. The molecule has 1 atom stereocenters. The summed E-state index contributed by atoms with van der Waals surface area (Å²) in [6, 6.07) is 10.7. The van der Waals surface area contributed by atoms with Gasteiger partial charge in [-0.25, -0.2) is 0 Å². The molecular formula is C21H23N3O4. The third kappa shape index (κ3) is 2.88. The van der Waals surface area contributed by atoms with Crippen molar-refractivity contribution in [2.45, 2.75) is 18.9 Å². The highest BCUT2D eigenvalue weighted by Crippen LogP contribution is 2.39. The van der Waals surface area contributed by atoms with Crippen molar-refractivity contribution in [2.75, 3.05) is 33.2 Å². The number of imide groups is 1. The van der Waals surface area contributed by atoms with E-state index >= 15 is 0 Å². The van der Waals surface area contributed by atoms with E-state index in [-0.39, 0.29) is 24.5 Å². The van der Waals surface area contributed by atoms with Gasteiger partial charge in [0, 0.05) is 23.8 Å². The molecule has 0 bridgehead atoms. The minimum absolute atomic E-state index is 0.0340. The average molecular weight is 381 g/mol. The van der Waals surface area contributed by atoms with Gasteiger partial charge in [0.15, 0.2) is 0 Å². The van der Waals surface area contributed by atoms with E-state index in [1.54, 1.807) is 32.4 Å². The van der Waals surface area contributed by atoms with E-state index in [1.807, 2.05) is 18.2 Å². The smallest absolute Gasteiger partial charge is 0.264 e. The normalized spacial score (nSPS) is 19.2. The first kappa shape index (κ1) is 18.3. The maximum absolute atomic E-state index is 12.8. The molecule has 1 saturated heterocycles. The standard InChI is InChI=1S/C21H23N3O4/c1-27-13-8-9-18(28-2)15(11-13)17-7-4-10-23(17)12-24-20(25)14-5-3-6-16(22)19(14)21(24)26/h3,5-6,8-9,11,17H,4,7,10,12,22H2,1-2H3/t17-/m0/s1. The van der Waals surface area contributed by atoms with Gasteiger partial charge in [0.25, 0.3) is 11.8 Å². The Kier molecular flexibility index (Phi) is 4.68. The Labute approximate surface area is 163 Å². The molecule has 2 aliphatic heterocycles. The molecule has 146 valence electrons. The number of carbonyl (C=O) groups is 2. The van der Waals surface area contributed by atoms with Crippen LogP contribution in [-0.2, 0) is 0 Å².